The van der Waals surface area contributed by atoms with Crippen molar-refractivity contribution < 1.29 is 9.53 Å². The smallest absolute Gasteiger partial charge is 0.167 e. The van der Waals surface area contributed by atoms with Gasteiger partial charge >= 0.3 is 0 Å². The molecule has 98 valence electrons. The standard InChI is InChI=1S/C14H16Cl2O2/c1-3-8-5-4-6-9-7-10(18-2)12(15)13(16)11(9)14(8)17/h7-8H,3-6H2,1-2H3. The van der Waals surface area contributed by atoms with Crippen molar-refractivity contribution in [3.05, 3.63) is 27.2 Å². The first-order chi connectivity index (χ1) is 8.60. The van der Waals surface area contributed by atoms with E-state index < -0.39 is 0 Å². The molecule has 2 rings (SSSR count). The van der Waals surface area contributed by atoms with Gasteiger partial charge in [0.15, 0.2) is 5.78 Å². The summed E-state index contributed by atoms with van der Waals surface area (Å²) in [6.07, 6.45) is 3.61. The molecule has 0 radical (unpaired) electrons. The Balaban J connectivity index is 2.60. The second kappa shape index (κ2) is 5.50. The Kier molecular flexibility index (Phi) is 4.18. The number of hydrogen-bond donors (Lipinski definition) is 0. The van der Waals surface area contributed by atoms with Gasteiger partial charge in [-0.2, -0.15) is 0 Å². The van der Waals surface area contributed by atoms with Crippen molar-refractivity contribution in [2.45, 2.75) is 32.6 Å². The number of halogens is 2. The number of Topliss-reactive ketones (excluding diaryl/α,β-unsaturated/α-hetero) is 1. The van der Waals surface area contributed by atoms with Crippen LogP contribution in [-0.2, 0) is 6.42 Å². The van der Waals surface area contributed by atoms with Crippen LogP contribution < -0.4 is 4.74 Å². The number of carbonyl (C=O) groups excluding carboxylic acids is 1. The van der Waals surface area contributed by atoms with Gasteiger partial charge in [-0.05, 0) is 37.3 Å². The molecule has 0 spiro atoms. The quantitative estimate of drug-likeness (QED) is 0.746. The van der Waals surface area contributed by atoms with Gasteiger partial charge in [0, 0.05) is 11.5 Å². The summed E-state index contributed by atoms with van der Waals surface area (Å²) >= 11 is 12.4. The Morgan fingerprint density at radius 3 is 2.72 bits per heavy atom. The lowest BCUT2D eigenvalue weighted by Gasteiger charge is -2.15. The van der Waals surface area contributed by atoms with Crippen molar-refractivity contribution in [3.8, 4) is 5.75 Å². The van der Waals surface area contributed by atoms with Crippen LogP contribution in [0.25, 0.3) is 0 Å². The van der Waals surface area contributed by atoms with E-state index in [1.165, 1.54) is 0 Å². The first kappa shape index (κ1) is 13.7. The first-order valence-electron chi connectivity index (χ1n) is 6.19. The Morgan fingerprint density at radius 1 is 1.39 bits per heavy atom. The maximum atomic E-state index is 12.5. The predicted molar refractivity (Wildman–Crippen MR) is 74.1 cm³/mol. The van der Waals surface area contributed by atoms with E-state index in [-0.39, 0.29) is 11.7 Å². The van der Waals surface area contributed by atoms with Gasteiger partial charge in [0.05, 0.1) is 12.1 Å². The molecule has 2 nitrogen and oxygen atoms in total. The number of fused-ring (bicyclic) bond motifs is 1. The van der Waals surface area contributed by atoms with E-state index in [9.17, 15) is 4.79 Å². The number of carbonyl (C=O) groups is 1. The van der Waals surface area contributed by atoms with Gasteiger partial charge in [0.2, 0.25) is 0 Å². The van der Waals surface area contributed by atoms with Crippen LogP contribution in [-0.4, -0.2) is 12.9 Å². The van der Waals surface area contributed by atoms with E-state index in [2.05, 4.69) is 0 Å². The van der Waals surface area contributed by atoms with Gasteiger partial charge in [-0.15, -0.1) is 0 Å². The van der Waals surface area contributed by atoms with Gasteiger partial charge in [0.25, 0.3) is 0 Å². The van der Waals surface area contributed by atoms with Crippen LogP contribution in [0.2, 0.25) is 10.0 Å². The molecular formula is C14H16Cl2O2. The summed E-state index contributed by atoms with van der Waals surface area (Å²) in [6.45, 7) is 2.03. The van der Waals surface area contributed by atoms with E-state index in [0.29, 0.717) is 21.4 Å². The van der Waals surface area contributed by atoms with Crippen LogP contribution in [0.5, 0.6) is 5.75 Å². The highest BCUT2D eigenvalue weighted by Crippen LogP contribution is 2.40. The maximum absolute atomic E-state index is 12.5. The number of ketones is 1. The van der Waals surface area contributed by atoms with Crippen LogP contribution >= 0.6 is 23.2 Å². The Bertz CT molecular complexity index is 483. The third kappa shape index (κ3) is 2.24. The molecule has 1 aliphatic rings. The average molecular weight is 287 g/mol. The Hall–Kier alpha value is -0.730. The number of hydrogen-bond acceptors (Lipinski definition) is 2. The zero-order chi connectivity index (χ0) is 13.3. The molecule has 18 heavy (non-hydrogen) atoms. The van der Waals surface area contributed by atoms with Gasteiger partial charge in [-0.25, -0.2) is 0 Å². The van der Waals surface area contributed by atoms with E-state index >= 15 is 0 Å². The topological polar surface area (TPSA) is 26.3 Å². The number of methoxy groups -OCH3 is 1. The average Bonchev–Trinajstić information content (AvgIpc) is 2.52. The number of rotatable bonds is 2. The summed E-state index contributed by atoms with van der Waals surface area (Å²) in [5, 5.41) is 0.680. The van der Waals surface area contributed by atoms with Gasteiger partial charge < -0.3 is 4.74 Å². The summed E-state index contributed by atoms with van der Waals surface area (Å²) in [5.74, 6) is 0.732. The molecule has 1 atom stereocenters. The Labute approximate surface area is 117 Å². The molecule has 1 aromatic rings. The summed E-state index contributed by atoms with van der Waals surface area (Å²) in [4.78, 5) is 12.5. The van der Waals surface area contributed by atoms with Crippen LogP contribution in [0.3, 0.4) is 0 Å². The minimum atomic E-state index is 0.0632. The normalized spacial score (nSPS) is 19.3. The zero-order valence-corrected chi connectivity index (χ0v) is 12.1. The number of ether oxygens (including phenoxy) is 1. The van der Waals surface area contributed by atoms with E-state index in [0.717, 1.165) is 31.2 Å². The lowest BCUT2D eigenvalue weighted by atomic mass is 9.93. The highest BCUT2D eigenvalue weighted by Gasteiger charge is 2.28. The number of aryl methyl sites for hydroxylation is 1. The predicted octanol–water partition coefficient (Wildman–Crippen LogP) is 4.55. The third-order valence-electron chi connectivity index (χ3n) is 3.58. The molecule has 0 aliphatic heterocycles. The van der Waals surface area contributed by atoms with E-state index in [1.807, 2.05) is 13.0 Å². The molecule has 0 amide bonds. The fourth-order valence-electron chi connectivity index (χ4n) is 2.53. The molecule has 0 bridgehead atoms. The highest BCUT2D eigenvalue weighted by atomic mass is 35.5. The van der Waals surface area contributed by atoms with Crippen molar-refractivity contribution >= 4 is 29.0 Å². The molecular weight excluding hydrogens is 271 g/mol. The molecule has 0 N–H and O–H groups in total. The van der Waals surface area contributed by atoms with Crippen LogP contribution in [0.15, 0.2) is 6.07 Å². The SMILES string of the molecule is CCC1CCCc2cc(OC)c(Cl)c(Cl)c2C1=O. The molecule has 0 heterocycles. The second-order valence-electron chi connectivity index (χ2n) is 4.60. The van der Waals surface area contributed by atoms with Crippen molar-refractivity contribution in [1.29, 1.82) is 0 Å². The van der Waals surface area contributed by atoms with Gasteiger partial charge in [0.1, 0.15) is 10.8 Å². The minimum absolute atomic E-state index is 0.0632. The van der Waals surface area contributed by atoms with Crippen molar-refractivity contribution in [2.24, 2.45) is 5.92 Å². The monoisotopic (exact) mass is 286 g/mol. The third-order valence-corrected chi connectivity index (χ3v) is 4.43. The molecule has 0 saturated heterocycles. The minimum Gasteiger partial charge on any atom is -0.495 e. The lowest BCUT2D eigenvalue weighted by Crippen LogP contribution is -2.14. The first-order valence-corrected chi connectivity index (χ1v) is 6.94. The number of benzene rings is 1. The summed E-state index contributed by atoms with van der Waals surface area (Å²) in [5.41, 5.74) is 1.56. The largest absolute Gasteiger partial charge is 0.495 e. The molecule has 0 saturated carbocycles. The second-order valence-corrected chi connectivity index (χ2v) is 5.36. The molecule has 1 unspecified atom stereocenters. The van der Waals surface area contributed by atoms with Crippen molar-refractivity contribution in [2.75, 3.05) is 7.11 Å². The Morgan fingerprint density at radius 2 is 2.11 bits per heavy atom. The van der Waals surface area contributed by atoms with Gasteiger partial charge in [-0.3, -0.25) is 4.79 Å². The molecule has 0 fully saturated rings. The summed E-state index contributed by atoms with van der Waals surface area (Å²) in [6, 6.07) is 1.85. The van der Waals surface area contributed by atoms with E-state index in [1.54, 1.807) is 7.11 Å². The molecule has 0 aromatic heterocycles. The zero-order valence-electron chi connectivity index (χ0n) is 10.6. The molecule has 1 aromatic carbocycles. The lowest BCUT2D eigenvalue weighted by molar-refractivity contribution is 0.0913. The fraction of sp³-hybridized carbons (Fsp3) is 0.500. The van der Waals surface area contributed by atoms with Crippen LogP contribution in [0, 0.1) is 5.92 Å². The van der Waals surface area contributed by atoms with Crippen LogP contribution in [0.4, 0.5) is 0 Å². The fourth-order valence-corrected chi connectivity index (χ4v) is 3.06. The summed E-state index contributed by atoms with van der Waals surface area (Å²) in [7, 11) is 1.55. The molecule has 1 aliphatic carbocycles. The van der Waals surface area contributed by atoms with E-state index in [4.69, 9.17) is 27.9 Å². The maximum Gasteiger partial charge on any atom is 0.167 e. The van der Waals surface area contributed by atoms with Gasteiger partial charge in [-0.1, -0.05) is 30.1 Å². The van der Waals surface area contributed by atoms with Crippen molar-refractivity contribution in [3.63, 3.8) is 0 Å². The van der Waals surface area contributed by atoms with Crippen molar-refractivity contribution in [1.82, 2.24) is 0 Å². The summed E-state index contributed by atoms with van der Waals surface area (Å²) < 4.78 is 5.19. The molecule has 4 heteroatoms. The highest BCUT2D eigenvalue weighted by molar-refractivity contribution is 6.45. The van der Waals surface area contributed by atoms with Crippen LogP contribution in [0.1, 0.15) is 42.1 Å².